The van der Waals surface area contributed by atoms with Crippen molar-refractivity contribution in [2.75, 3.05) is 12.0 Å². The highest BCUT2D eigenvalue weighted by molar-refractivity contribution is 7.71. The van der Waals surface area contributed by atoms with Crippen molar-refractivity contribution in [3.63, 3.8) is 0 Å². The molecule has 2 rings (SSSR count). The van der Waals surface area contributed by atoms with Crippen LogP contribution in [0.3, 0.4) is 0 Å². The van der Waals surface area contributed by atoms with Crippen LogP contribution in [0.5, 0.6) is 0 Å². The number of aromatic nitrogens is 3. The van der Waals surface area contributed by atoms with Gasteiger partial charge in [0.05, 0.1) is 0 Å². The second-order valence-electron chi connectivity index (χ2n) is 4.35. The molecule has 0 unspecified atom stereocenters. The lowest BCUT2D eigenvalue weighted by atomic mass is 10.2. The fourth-order valence-corrected chi connectivity index (χ4v) is 2.14. The first-order valence-electron chi connectivity index (χ1n) is 6.53. The van der Waals surface area contributed by atoms with Gasteiger partial charge in [0.1, 0.15) is 0 Å². The lowest BCUT2D eigenvalue weighted by molar-refractivity contribution is 0.750. The molecule has 106 valence electrons. The monoisotopic (exact) mass is 308 g/mol. The maximum absolute atomic E-state index is 5.84. The first kappa shape index (κ1) is 14.8. The van der Waals surface area contributed by atoms with Crippen LogP contribution in [0.1, 0.15) is 24.7 Å². The minimum Gasteiger partial charge on any atom is -0.318 e. The molecule has 1 heterocycles. The summed E-state index contributed by atoms with van der Waals surface area (Å²) in [5.41, 5.74) is 4.35. The van der Waals surface area contributed by atoms with Gasteiger partial charge in [-0.3, -0.25) is 5.10 Å². The fourth-order valence-electron chi connectivity index (χ4n) is 1.80. The Bertz CT molecular complexity index is 627. The predicted octanol–water partition coefficient (Wildman–Crippen LogP) is 3.80. The van der Waals surface area contributed by atoms with E-state index in [-0.39, 0.29) is 0 Å². The summed E-state index contributed by atoms with van der Waals surface area (Å²) in [7, 11) is 0. The maximum atomic E-state index is 5.84. The molecule has 0 saturated heterocycles. The number of H-pyrrole nitrogens is 1. The molecule has 0 bridgehead atoms. The molecule has 0 aliphatic carbocycles. The highest BCUT2D eigenvalue weighted by Crippen LogP contribution is 2.10. The van der Waals surface area contributed by atoms with Gasteiger partial charge in [0, 0.05) is 18.0 Å². The molecular weight excluding hydrogens is 292 g/mol. The fraction of sp³-hybridized carbons (Fsp3) is 0.286. The minimum absolute atomic E-state index is 0.591. The van der Waals surface area contributed by atoms with E-state index in [1.54, 1.807) is 0 Å². The number of hydrogen-bond acceptors (Lipinski definition) is 3. The highest BCUT2D eigenvalue weighted by atomic mass is 35.5. The lowest BCUT2D eigenvalue weighted by Crippen LogP contribution is -2.17. The van der Waals surface area contributed by atoms with Crippen LogP contribution in [-0.2, 0) is 6.42 Å². The second kappa shape index (κ2) is 7.26. The highest BCUT2D eigenvalue weighted by Gasteiger charge is 2.02. The number of benzene rings is 1. The summed E-state index contributed by atoms with van der Waals surface area (Å²) in [6.07, 6.45) is 5.99. The zero-order chi connectivity index (χ0) is 14.4. The Morgan fingerprint density at radius 1 is 1.40 bits per heavy atom. The van der Waals surface area contributed by atoms with E-state index in [1.807, 2.05) is 41.1 Å². The summed E-state index contributed by atoms with van der Waals surface area (Å²) < 4.78 is 2.42. The third kappa shape index (κ3) is 3.95. The van der Waals surface area contributed by atoms with Crippen LogP contribution in [0, 0.1) is 4.77 Å². The Labute approximate surface area is 128 Å². The maximum Gasteiger partial charge on any atom is 0.214 e. The first-order chi connectivity index (χ1) is 9.70. The van der Waals surface area contributed by atoms with Gasteiger partial charge in [-0.15, -0.1) is 0 Å². The molecule has 0 aliphatic heterocycles. The van der Waals surface area contributed by atoms with Crippen LogP contribution < -0.4 is 5.43 Å². The van der Waals surface area contributed by atoms with Crippen LogP contribution in [0.15, 0.2) is 30.3 Å². The summed E-state index contributed by atoms with van der Waals surface area (Å²) in [4.78, 5) is 0. The molecule has 0 amide bonds. The molecule has 0 fully saturated rings. The third-order valence-electron chi connectivity index (χ3n) is 2.76. The predicted molar refractivity (Wildman–Crippen MR) is 86.1 cm³/mol. The summed E-state index contributed by atoms with van der Waals surface area (Å²) in [5.74, 6) is 0.928. The van der Waals surface area contributed by atoms with Gasteiger partial charge in [-0.25, -0.2) is 4.68 Å². The molecule has 0 spiro atoms. The molecule has 0 radical (unpaired) electrons. The van der Waals surface area contributed by atoms with Crippen LogP contribution in [0.4, 0.5) is 0 Å². The van der Waals surface area contributed by atoms with Gasteiger partial charge in [-0.2, -0.15) is 5.10 Å². The van der Waals surface area contributed by atoms with Crippen LogP contribution in [-0.4, -0.2) is 21.4 Å². The van der Waals surface area contributed by atoms with Crippen LogP contribution in [0.2, 0.25) is 5.02 Å². The standard InChI is InChI=1S/C14H17ClN4S/c1-2-4-13-17-18-14(20)19(13)16-10-3-5-11-6-8-12(15)9-7-11/h3,5-9,16H,2,4,10H2,1H3,(H,18,20)/b5-3+. The molecule has 0 aliphatic rings. The van der Waals surface area contributed by atoms with Gasteiger partial charge >= 0.3 is 0 Å². The largest absolute Gasteiger partial charge is 0.318 e. The van der Waals surface area contributed by atoms with Crippen molar-refractivity contribution in [1.29, 1.82) is 0 Å². The van der Waals surface area contributed by atoms with Crippen molar-refractivity contribution < 1.29 is 0 Å². The number of halogens is 1. The van der Waals surface area contributed by atoms with Crippen molar-refractivity contribution >= 4 is 29.9 Å². The zero-order valence-electron chi connectivity index (χ0n) is 11.3. The topological polar surface area (TPSA) is 45.6 Å². The Balaban J connectivity index is 1.94. The second-order valence-corrected chi connectivity index (χ2v) is 5.17. The van der Waals surface area contributed by atoms with Crippen molar-refractivity contribution in [2.45, 2.75) is 19.8 Å². The average Bonchev–Trinajstić information content (AvgIpc) is 2.78. The molecular formula is C14H17ClN4S. The Morgan fingerprint density at radius 2 is 2.15 bits per heavy atom. The molecule has 2 N–H and O–H groups in total. The van der Waals surface area contributed by atoms with Crippen molar-refractivity contribution in [3.8, 4) is 0 Å². The van der Waals surface area contributed by atoms with Crippen LogP contribution in [0.25, 0.3) is 6.08 Å². The van der Waals surface area contributed by atoms with Gasteiger partial charge in [0.2, 0.25) is 4.77 Å². The lowest BCUT2D eigenvalue weighted by Gasteiger charge is -2.06. The molecule has 4 nitrogen and oxygen atoms in total. The molecule has 20 heavy (non-hydrogen) atoms. The summed E-state index contributed by atoms with van der Waals surface area (Å²) >= 11 is 11.0. The Kier molecular flexibility index (Phi) is 5.38. The van der Waals surface area contributed by atoms with Gasteiger partial charge in [-0.1, -0.05) is 42.8 Å². The molecule has 0 atom stereocenters. The van der Waals surface area contributed by atoms with Crippen molar-refractivity contribution in [1.82, 2.24) is 14.9 Å². The van der Waals surface area contributed by atoms with E-state index in [4.69, 9.17) is 23.8 Å². The normalized spacial score (nSPS) is 11.1. The smallest absolute Gasteiger partial charge is 0.214 e. The van der Waals surface area contributed by atoms with E-state index in [1.165, 1.54) is 0 Å². The summed E-state index contributed by atoms with van der Waals surface area (Å²) in [5, 5.41) is 7.74. The van der Waals surface area contributed by atoms with E-state index < -0.39 is 0 Å². The van der Waals surface area contributed by atoms with Gasteiger partial charge in [-0.05, 0) is 36.3 Å². The SMILES string of the molecule is CCCc1n[nH]c(=S)n1NC/C=C/c1ccc(Cl)cc1. The number of hydrogen-bond donors (Lipinski definition) is 2. The molecule has 1 aromatic carbocycles. The van der Waals surface area contributed by atoms with Gasteiger partial charge < -0.3 is 5.43 Å². The van der Waals surface area contributed by atoms with E-state index in [0.29, 0.717) is 11.3 Å². The van der Waals surface area contributed by atoms with E-state index >= 15 is 0 Å². The average molecular weight is 309 g/mol. The third-order valence-corrected chi connectivity index (χ3v) is 3.29. The van der Waals surface area contributed by atoms with E-state index in [9.17, 15) is 0 Å². The van der Waals surface area contributed by atoms with Gasteiger partial charge in [0.25, 0.3) is 0 Å². The molecule has 6 heteroatoms. The molecule has 2 aromatic rings. The number of nitrogens with one attached hydrogen (secondary N) is 2. The minimum atomic E-state index is 0.591. The number of aryl methyl sites for hydroxylation is 1. The van der Waals surface area contributed by atoms with Gasteiger partial charge in [0.15, 0.2) is 5.82 Å². The quantitative estimate of drug-likeness (QED) is 0.798. The summed E-state index contributed by atoms with van der Waals surface area (Å²) in [6.45, 7) is 2.79. The summed E-state index contributed by atoms with van der Waals surface area (Å²) in [6, 6.07) is 7.70. The Morgan fingerprint density at radius 3 is 2.85 bits per heavy atom. The van der Waals surface area contributed by atoms with Crippen molar-refractivity contribution in [2.24, 2.45) is 0 Å². The van der Waals surface area contributed by atoms with Crippen LogP contribution >= 0.6 is 23.8 Å². The number of rotatable bonds is 6. The zero-order valence-corrected chi connectivity index (χ0v) is 12.8. The Hall–Kier alpha value is -1.59. The number of aromatic amines is 1. The molecule has 0 saturated carbocycles. The van der Waals surface area contributed by atoms with E-state index in [2.05, 4.69) is 22.5 Å². The molecule has 1 aromatic heterocycles. The van der Waals surface area contributed by atoms with Crippen molar-refractivity contribution in [3.05, 3.63) is 51.5 Å². The first-order valence-corrected chi connectivity index (χ1v) is 7.31. The van der Waals surface area contributed by atoms with E-state index in [0.717, 1.165) is 29.3 Å². The number of nitrogens with zero attached hydrogens (tertiary/aromatic N) is 2.